The molecule has 0 amide bonds. The molecule has 0 N–H and O–H groups in total. The first-order valence-corrected chi connectivity index (χ1v) is 10.0. The van der Waals surface area contributed by atoms with Gasteiger partial charge < -0.3 is 4.74 Å². The molecule has 0 saturated carbocycles. The number of hydrogen-bond acceptors (Lipinski definition) is 3. The van der Waals surface area contributed by atoms with Gasteiger partial charge in [-0.15, -0.1) is 0 Å². The SMILES string of the molecule is CCOC(=O)c1ccc(C2=Nc3ccccc3CCc3cc(C(F)(F)F)ccc32)cc1. The summed E-state index contributed by atoms with van der Waals surface area (Å²) < 4.78 is 44.9. The summed E-state index contributed by atoms with van der Waals surface area (Å²) in [6.45, 7) is 2.01. The summed E-state index contributed by atoms with van der Waals surface area (Å²) in [5, 5.41) is 0. The van der Waals surface area contributed by atoms with Gasteiger partial charge >= 0.3 is 12.1 Å². The molecule has 31 heavy (non-hydrogen) atoms. The summed E-state index contributed by atoms with van der Waals surface area (Å²) in [5.74, 6) is -0.422. The van der Waals surface area contributed by atoms with E-state index in [-0.39, 0.29) is 6.61 Å². The van der Waals surface area contributed by atoms with Crippen LogP contribution in [-0.4, -0.2) is 18.3 Å². The maximum Gasteiger partial charge on any atom is 0.416 e. The van der Waals surface area contributed by atoms with E-state index >= 15 is 0 Å². The van der Waals surface area contributed by atoms with Crippen molar-refractivity contribution < 1.29 is 22.7 Å². The van der Waals surface area contributed by atoms with Crippen LogP contribution in [0.25, 0.3) is 0 Å². The molecule has 1 aliphatic rings. The Balaban J connectivity index is 1.85. The van der Waals surface area contributed by atoms with Gasteiger partial charge in [0.1, 0.15) is 0 Å². The van der Waals surface area contributed by atoms with Gasteiger partial charge in [-0.3, -0.25) is 0 Å². The van der Waals surface area contributed by atoms with E-state index in [1.54, 1.807) is 31.2 Å². The van der Waals surface area contributed by atoms with Gasteiger partial charge in [0.2, 0.25) is 0 Å². The number of para-hydroxylation sites is 1. The number of esters is 1. The molecule has 0 saturated heterocycles. The number of rotatable bonds is 3. The Morgan fingerprint density at radius 2 is 1.68 bits per heavy atom. The number of fused-ring (bicyclic) bond motifs is 2. The third-order valence-corrected chi connectivity index (χ3v) is 5.24. The number of aliphatic imine (C=N–C) groups is 1. The maximum atomic E-state index is 13.3. The summed E-state index contributed by atoms with van der Waals surface area (Å²) in [6.07, 6.45) is -3.34. The molecule has 3 nitrogen and oxygen atoms in total. The van der Waals surface area contributed by atoms with Crippen molar-refractivity contribution in [2.45, 2.75) is 25.9 Å². The second-order valence-electron chi connectivity index (χ2n) is 7.26. The fraction of sp³-hybridized carbons (Fsp3) is 0.200. The average molecular weight is 423 g/mol. The van der Waals surface area contributed by atoms with Crippen molar-refractivity contribution in [1.29, 1.82) is 0 Å². The van der Waals surface area contributed by atoms with E-state index in [1.807, 2.05) is 24.3 Å². The van der Waals surface area contributed by atoms with Crippen LogP contribution in [0.2, 0.25) is 0 Å². The zero-order valence-electron chi connectivity index (χ0n) is 16.9. The molecule has 0 unspecified atom stereocenters. The number of benzene rings is 3. The van der Waals surface area contributed by atoms with Crippen LogP contribution in [0, 0.1) is 0 Å². The maximum absolute atomic E-state index is 13.3. The van der Waals surface area contributed by atoms with Crippen molar-refractivity contribution in [3.05, 3.63) is 100 Å². The van der Waals surface area contributed by atoms with Gasteiger partial charge in [-0.05, 0) is 61.2 Å². The van der Waals surface area contributed by atoms with Crippen molar-refractivity contribution in [3.8, 4) is 0 Å². The number of alkyl halides is 3. The van der Waals surface area contributed by atoms with E-state index < -0.39 is 17.7 Å². The average Bonchev–Trinajstić information content (AvgIpc) is 2.75. The third kappa shape index (κ3) is 4.38. The van der Waals surface area contributed by atoms with Crippen molar-refractivity contribution in [2.75, 3.05) is 6.61 Å². The van der Waals surface area contributed by atoms with E-state index in [1.165, 1.54) is 12.1 Å². The lowest BCUT2D eigenvalue weighted by Crippen LogP contribution is -2.13. The molecule has 6 heteroatoms. The number of nitrogens with zero attached hydrogens (tertiary/aromatic N) is 1. The summed E-state index contributed by atoms with van der Waals surface area (Å²) >= 11 is 0. The quantitative estimate of drug-likeness (QED) is 0.474. The Kier molecular flexibility index (Phi) is 5.63. The first kappa shape index (κ1) is 20.8. The van der Waals surface area contributed by atoms with Crippen LogP contribution in [0.3, 0.4) is 0 Å². The van der Waals surface area contributed by atoms with Crippen LogP contribution in [-0.2, 0) is 23.8 Å². The second-order valence-corrected chi connectivity index (χ2v) is 7.26. The first-order valence-electron chi connectivity index (χ1n) is 10.0. The van der Waals surface area contributed by atoms with Crippen molar-refractivity contribution in [2.24, 2.45) is 4.99 Å². The smallest absolute Gasteiger partial charge is 0.416 e. The largest absolute Gasteiger partial charge is 0.462 e. The van der Waals surface area contributed by atoms with E-state index in [9.17, 15) is 18.0 Å². The molecule has 0 radical (unpaired) electrons. The number of hydrogen-bond donors (Lipinski definition) is 0. The molecule has 158 valence electrons. The van der Waals surface area contributed by atoms with Crippen LogP contribution in [0.1, 0.15) is 45.1 Å². The lowest BCUT2D eigenvalue weighted by Gasteiger charge is -2.19. The van der Waals surface area contributed by atoms with Crippen molar-refractivity contribution in [3.63, 3.8) is 0 Å². The van der Waals surface area contributed by atoms with Crippen molar-refractivity contribution in [1.82, 2.24) is 0 Å². The first-order chi connectivity index (χ1) is 14.9. The molecule has 1 aliphatic heterocycles. The van der Waals surface area contributed by atoms with Crippen molar-refractivity contribution >= 4 is 17.4 Å². The molecule has 1 heterocycles. The molecule has 0 atom stereocenters. The summed E-state index contributed by atoms with van der Waals surface area (Å²) in [6, 6.07) is 18.2. The van der Waals surface area contributed by atoms with Crippen LogP contribution in [0.15, 0.2) is 71.7 Å². The highest BCUT2D eigenvalue weighted by Gasteiger charge is 2.31. The number of halogens is 3. The molecule has 3 aromatic carbocycles. The fourth-order valence-corrected chi connectivity index (χ4v) is 3.69. The van der Waals surface area contributed by atoms with Gasteiger partial charge in [0, 0.05) is 11.1 Å². The highest BCUT2D eigenvalue weighted by atomic mass is 19.4. The normalized spacial score (nSPS) is 13.4. The Morgan fingerprint density at radius 3 is 2.39 bits per heavy atom. The molecule has 0 bridgehead atoms. The number of carbonyl (C=O) groups is 1. The number of carbonyl (C=O) groups excluding carboxylic acids is 1. The van der Waals surface area contributed by atoms with Crippen LogP contribution >= 0.6 is 0 Å². The monoisotopic (exact) mass is 423 g/mol. The van der Waals surface area contributed by atoms with Gasteiger partial charge in [-0.2, -0.15) is 13.2 Å². The zero-order valence-corrected chi connectivity index (χ0v) is 16.9. The minimum Gasteiger partial charge on any atom is -0.462 e. The van der Waals surface area contributed by atoms with E-state index in [2.05, 4.69) is 0 Å². The van der Waals surface area contributed by atoms with Gasteiger partial charge in [-0.25, -0.2) is 9.79 Å². The van der Waals surface area contributed by atoms with E-state index in [4.69, 9.17) is 9.73 Å². The zero-order chi connectivity index (χ0) is 22.0. The van der Waals surface area contributed by atoms with Crippen LogP contribution in [0.4, 0.5) is 18.9 Å². The van der Waals surface area contributed by atoms with Gasteiger partial charge in [0.25, 0.3) is 0 Å². The molecule has 0 spiro atoms. The molecular weight excluding hydrogens is 403 g/mol. The Hall–Kier alpha value is -3.41. The minimum atomic E-state index is -4.41. The standard InChI is InChI=1S/C25H20F3NO2/c1-2-31-24(30)18-10-8-17(9-11-18)23-21-14-13-20(25(26,27)28)15-19(21)12-7-16-5-3-4-6-22(16)29-23/h3-6,8-11,13-15H,2,7,12H2,1H3. The molecule has 0 aromatic heterocycles. The topological polar surface area (TPSA) is 38.7 Å². The summed E-state index contributed by atoms with van der Waals surface area (Å²) in [7, 11) is 0. The van der Waals surface area contributed by atoms with Gasteiger partial charge in [-0.1, -0.05) is 36.4 Å². The predicted octanol–water partition coefficient (Wildman–Crippen LogP) is 6.15. The van der Waals surface area contributed by atoms with Crippen LogP contribution in [0.5, 0.6) is 0 Å². The Morgan fingerprint density at radius 1 is 0.968 bits per heavy atom. The molecule has 0 aliphatic carbocycles. The summed E-state index contributed by atoms with van der Waals surface area (Å²) in [4.78, 5) is 16.8. The van der Waals surface area contributed by atoms with E-state index in [0.29, 0.717) is 40.8 Å². The lowest BCUT2D eigenvalue weighted by atomic mass is 9.90. The third-order valence-electron chi connectivity index (χ3n) is 5.24. The molecule has 4 rings (SSSR count). The van der Waals surface area contributed by atoms with Crippen LogP contribution < -0.4 is 0 Å². The Labute approximate surface area is 178 Å². The highest BCUT2D eigenvalue weighted by molar-refractivity contribution is 6.15. The predicted molar refractivity (Wildman–Crippen MR) is 113 cm³/mol. The minimum absolute atomic E-state index is 0.277. The number of aryl methyl sites for hydroxylation is 2. The van der Waals surface area contributed by atoms with Gasteiger partial charge in [0.05, 0.1) is 29.1 Å². The number of ether oxygens (including phenoxy) is 1. The highest BCUT2D eigenvalue weighted by Crippen LogP contribution is 2.34. The molecular formula is C25H20F3NO2. The lowest BCUT2D eigenvalue weighted by molar-refractivity contribution is -0.137. The Bertz CT molecular complexity index is 1150. The second kappa shape index (κ2) is 8.38. The fourth-order valence-electron chi connectivity index (χ4n) is 3.69. The van der Waals surface area contributed by atoms with Gasteiger partial charge in [0.15, 0.2) is 0 Å². The molecule has 0 fully saturated rings. The summed E-state index contributed by atoms with van der Waals surface area (Å²) in [5.41, 5.74) is 4.05. The van der Waals surface area contributed by atoms with E-state index in [0.717, 1.165) is 17.3 Å². The molecule has 3 aromatic rings.